The zero-order valence-electron chi connectivity index (χ0n) is 12.5. The van der Waals surface area contributed by atoms with Crippen LogP contribution in [0.5, 0.6) is 0 Å². The maximum absolute atomic E-state index is 13.7. The van der Waals surface area contributed by atoms with Gasteiger partial charge in [-0.1, -0.05) is 17.3 Å². The zero-order valence-corrected chi connectivity index (χ0v) is 12.5. The molecule has 0 unspecified atom stereocenters. The maximum Gasteiger partial charge on any atom is 0.226 e. The van der Waals surface area contributed by atoms with Gasteiger partial charge in [0.15, 0.2) is 0 Å². The van der Waals surface area contributed by atoms with Crippen molar-refractivity contribution >= 4 is 5.91 Å². The number of carbonyl (C=O) groups excluding carboxylic acids is 1. The lowest BCUT2D eigenvalue weighted by atomic mass is 10.1. The number of carbonyl (C=O) groups is 1. The highest BCUT2D eigenvalue weighted by molar-refractivity contribution is 5.78. The number of aromatic nitrogens is 1. The summed E-state index contributed by atoms with van der Waals surface area (Å²) in [5, 5.41) is 6.49. The summed E-state index contributed by atoms with van der Waals surface area (Å²) in [6.45, 7) is 1.99. The van der Waals surface area contributed by atoms with Crippen molar-refractivity contribution in [3.05, 3.63) is 65.5 Å². The summed E-state index contributed by atoms with van der Waals surface area (Å²) < 4.78 is 24.2. The van der Waals surface area contributed by atoms with Gasteiger partial charge in [-0.05, 0) is 31.2 Å². The van der Waals surface area contributed by atoms with E-state index in [1.807, 2.05) is 0 Å². The molecule has 0 saturated heterocycles. The van der Waals surface area contributed by atoms with Gasteiger partial charge in [0.2, 0.25) is 5.91 Å². The molecule has 118 valence electrons. The first kappa shape index (κ1) is 15.0. The standard InChI is InChI=1S/C17H15FN2O3/c1-11-8-12(20-23-11)9-17(21)19-10-13-6-7-16(22-13)14-4-2-3-5-15(14)18/h2-8H,9-10H2,1H3,(H,19,21). The van der Waals surface area contributed by atoms with E-state index in [0.29, 0.717) is 28.5 Å². The molecule has 0 bridgehead atoms. The van der Waals surface area contributed by atoms with Crippen LogP contribution in [0.2, 0.25) is 0 Å². The molecule has 0 saturated carbocycles. The Kier molecular flexibility index (Phi) is 4.23. The van der Waals surface area contributed by atoms with Crippen LogP contribution in [0.1, 0.15) is 17.2 Å². The molecule has 0 aliphatic rings. The lowest BCUT2D eigenvalue weighted by Crippen LogP contribution is -2.24. The molecule has 1 amide bonds. The number of rotatable bonds is 5. The van der Waals surface area contributed by atoms with E-state index in [9.17, 15) is 9.18 Å². The van der Waals surface area contributed by atoms with Gasteiger partial charge < -0.3 is 14.3 Å². The summed E-state index contributed by atoms with van der Waals surface area (Å²) >= 11 is 0. The van der Waals surface area contributed by atoms with Crippen LogP contribution in [0.15, 0.2) is 51.4 Å². The van der Waals surface area contributed by atoms with E-state index in [-0.39, 0.29) is 24.7 Å². The summed E-state index contributed by atoms with van der Waals surface area (Å²) in [5.74, 6) is 1.10. The molecule has 0 atom stereocenters. The lowest BCUT2D eigenvalue weighted by Gasteiger charge is -2.02. The van der Waals surface area contributed by atoms with Gasteiger partial charge in [-0.3, -0.25) is 4.79 Å². The first-order valence-electron chi connectivity index (χ1n) is 7.14. The highest BCUT2D eigenvalue weighted by Gasteiger charge is 2.11. The van der Waals surface area contributed by atoms with E-state index in [1.54, 1.807) is 43.3 Å². The molecule has 2 aromatic heterocycles. The summed E-state index contributed by atoms with van der Waals surface area (Å²) in [6, 6.07) is 11.5. The molecule has 0 radical (unpaired) electrons. The molecular formula is C17H15FN2O3. The van der Waals surface area contributed by atoms with E-state index >= 15 is 0 Å². The second-order valence-corrected chi connectivity index (χ2v) is 5.13. The van der Waals surface area contributed by atoms with Gasteiger partial charge in [0.1, 0.15) is 23.1 Å². The van der Waals surface area contributed by atoms with Crippen molar-refractivity contribution in [2.24, 2.45) is 0 Å². The normalized spacial score (nSPS) is 10.7. The topological polar surface area (TPSA) is 68.3 Å². The number of furan rings is 1. The predicted molar refractivity (Wildman–Crippen MR) is 80.9 cm³/mol. The largest absolute Gasteiger partial charge is 0.459 e. The number of hydrogen-bond acceptors (Lipinski definition) is 4. The highest BCUT2D eigenvalue weighted by atomic mass is 19.1. The summed E-state index contributed by atoms with van der Waals surface area (Å²) in [6.07, 6.45) is 0.137. The average Bonchev–Trinajstić information content (AvgIpc) is 3.15. The van der Waals surface area contributed by atoms with Crippen molar-refractivity contribution in [2.45, 2.75) is 19.9 Å². The van der Waals surface area contributed by atoms with Crippen molar-refractivity contribution in [3.8, 4) is 11.3 Å². The second kappa shape index (κ2) is 6.48. The molecule has 1 N–H and O–H groups in total. The van der Waals surface area contributed by atoms with Crippen molar-refractivity contribution in [1.82, 2.24) is 10.5 Å². The van der Waals surface area contributed by atoms with Crippen LogP contribution in [0, 0.1) is 12.7 Å². The fraction of sp³-hybridized carbons (Fsp3) is 0.176. The van der Waals surface area contributed by atoms with Gasteiger partial charge >= 0.3 is 0 Å². The van der Waals surface area contributed by atoms with E-state index in [2.05, 4.69) is 10.5 Å². The first-order valence-corrected chi connectivity index (χ1v) is 7.14. The van der Waals surface area contributed by atoms with E-state index in [4.69, 9.17) is 8.94 Å². The van der Waals surface area contributed by atoms with Crippen molar-refractivity contribution in [3.63, 3.8) is 0 Å². The number of amides is 1. The zero-order chi connectivity index (χ0) is 16.2. The van der Waals surface area contributed by atoms with Crippen molar-refractivity contribution < 1.29 is 18.1 Å². The van der Waals surface area contributed by atoms with E-state index in [1.165, 1.54) is 6.07 Å². The average molecular weight is 314 g/mol. The molecule has 23 heavy (non-hydrogen) atoms. The Bertz CT molecular complexity index is 823. The molecular weight excluding hydrogens is 299 g/mol. The number of nitrogens with one attached hydrogen (secondary N) is 1. The SMILES string of the molecule is Cc1cc(CC(=O)NCc2ccc(-c3ccccc3F)o2)no1. The van der Waals surface area contributed by atoms with Crippen LogP contribution in [0.4, 0.5) is 4.39 Å². The fourth-order valence-corrected chi connectivity index (χ4v) is 2.19. The fourth-order valence-electron chi connectivity index (χ4n) is 2.19. The quantitative estimate of drug-likeness (QED) is 0.785. The van der Waals surface area contributed by atoms with Gasteiger partial charge in [-0.25, -0.2) is 4.39 Å². The molecule has 2 heterocycles. The Morgan fingerprint density at radius 1 is 1.26 bits per heavy atom. The first-order chi connectivity index (χ1) is 11.1. The molecule has 3 rings (SSSR count). The van der Waals surface area contributed by atoms with Crippen LogP contribution >= 0.6 is 0 Å². The summed E-state index contributed by atoms with van der Waals surface area (Å²) in [7, 11) is 0. The van der Waals surface area contributed by atoms with Gasteiger partial charge in [0.05, 0.1) is 24.2 Å². The van der Waals surface area contributed by atoms with Crippen molar-refractivity contribution in [2.75, 3.05) is 0 Å². The van der Waals surface area contributed by atoms with Crippen molar-refractivity contribution in [1.29, 1.82) is 0 Å². The van der Waals surface area contributed by atoms with Crippen LogP contribution in [0.25, 0.3) is 11.3 Å². The molecule has 0 aliphatic carbocycles. The van der Waals surface area contributed by atoms with E-state index < -0.39 is 0 Å². The number of aryl methyl sites for hydroxylation is 1. The van der Waals surface area contributed by atoms with Gasteiger partial charge in [0, 0.05) is 6.07 Å². The van der Waals surface area contributed by atoms with E-state index in [0.717, 1.165) is 0 Å². The van der Waals surface area contributed by atoms with Gasteiger partial charge in [-0.15, -0.1) is 0 Å². The number of halogens is 1. The Morgan fingerprint density at radius 2 is 2.09 bits per heavy atom. The molecule has 5 nitrogen and oxygen atoms in total. The van der Waals surface area contributed by atoms with Gasteiger partial charge in [0.25, 0.3) is 0 Å². The van der Waals surface area contributed by atoms with Crippen LogP contribution in [0.3, 0.4) is 0 Å². The Balaban J connectivity index is 1.59. The third-order valence-corrected chi connectivity index (χ3v) is 3.28. The van der Waals surface area contributed by atoms with Crippen LogP contribution < -0.4 is 5.32 Å². The highest BCUT2D eigenvalue weighted by Crippen LogP contribution is 2.24. The molecule has 0 fully saturated rings. The smallest absolute Gasteiger partial charge is 0.226 e. The third-order valence-electron chi connectivity index (χ3n) is 3.28. The number of benzene rings is 1. The molecule has 3 aromatic rings. The monoisotopic (exact) mass is 314 g/mol. The predicted octanol–water partition coefficient (Wildman–Crippen LogP) is 3.24. The molecule has 0 spiro atoms. The Morgan fingerprint density at radius 3 is 2.83 bits per heavy atom. The minimum atomic E-state index is -0.348. The molecule has 1 aromatic carbocycles. The minimum Gasteiger partial charge on any atom is -0.459 e. The summed E-state index contributed by atoms with van der Waals surface area (Å²) in [5.41, 5.74) is 0.967. The Labute approximate surface area is 132 Å². The molecule has 0 aliphatic heterocycles. The maximum atomic E-state index is 13.7. The van der Waals surface area contributed by atoms with Gasteiger partial charge in [-0.2, -0.15) is 0 Å². The summed E-state index contributed by atoms with van der Waals surface area (Å²) in [4.78, 5) is 11.8. The van der Waals surface area contributed by atoms with Crippen LogP contribution in [-0.4, -0.2) is 11.1 Å². The number of hydrogen-bond donors (Lipinski definition) is 1. The second-order valence-electron chi connectivity index (χ2n) is 5.13. The van der Waals surface area contributed by atoms with Crippen LogP contribution in [-0.2, 0) is 17.8 Å². The Hall–Kier alpha value is -2.89. The number of nitrogens with zero attached hydrogens (tertiary/aromatic N) is 1. The lowest BCUT2D eigenvalue weighted by molar-refractivity contribution is -0.120. The minimum absolute atomic E-state index is 0.137. The molecule has 6 heteroatoms. The third kappa shape index (κ3) is 3.66.